The summed E-state index contributed by atoms with van der Waals surface area (Å²) in [7, 11) is 0. The topological polar surface area (TPSA) is 81.5 Å². The molecule has 2 heterocycles. The highest BCUT2D eigenvalue weighted by molar-refractivity contribution is 6.21. The zero-order valence-corrected chi connectivity index (χ0v) is 14.2. The van der Waals surface area contributed by atoms with Crippen LogP contribution < -0.4 is 0 Å². The van der Waals surface area contributed by atoms with E-state index in [0.717, 1.165) is 10.6 Å². The van der Waals surface area contributed by atoms with Crippen molar-refractivity contribution in [2.45, 2.75) is 0 Å². The minimum Gasteiger partial charge on any atom is -0.459 e. The maximum Gasteiger partial charge on any atom is 0.357 e. The highest BCUT2D eigenvalue weighted by Crippen LogP contribution is 2.22. The molecule has 1 aliphatic rings. The van der Waals surface area contributed by atoms with Crippen LogP contribution in [0.4, 0.5) is 0 Å². The molecule has 0 saturated heterocycles. The van der Waals surface area contributed by atoms with Gasteiger partial charge >= 0.3 is 5.97 Å². The number of amides is 2. The number of carbonyl (C=O) groups excluding carboxylic acids is 3. The number of carbonyl (C=O) groups is 3. The van der Waals surface area contributed by atoms with Gasteiger partial charge < -0.3 is 4.74 Å². The SMILES string of the molecule is O=C(OCCN1C(=O)c2ccccc2C1=O)c1cncn1-c1ccccc1. The van der Waals surface area contributed by atoms with E-state index in [-0.39, 0.29) is 30.7 Å². The fraction of sp³-hybridized carbons (Fsp3) is 0.100. The second-order valence-corrected chi connectivity index (χ2v) is 5.93. The molecule has 0 spiro atoms. The predicted octanol–water partition coefficient (Wildman–Crippen LogP) is 2.33. The smallest absolute Gasteiger partial charge is 0.357 e. The summed E-state index contributed by atoms with van der Waals surface area (Å²) < 4.78 is 6.88. The van der Waals surface area contributed by atoms with E-state index in [2.05, 4.69) is 4.98 Å². The lowest BCUT2D eigenvalue weighted by molar-refractivity contribution is 0.0413. The Morgan fingerprint density at radius 2 is 1.56 bits per heavy atom. The first-order valence-corrected chi connectivity index (χ1v) is 8.37. The van der Waals surface area contributed by atoms with Gasteiger partial charge in [0.2, 0.25) is 0 Å². The Morgan fingerprint density at radius 1 is 0.926 bits per heavy atom. The van der Waals surface area contributed by atoms with Gasteiger partial charge in [-0.1, -0.05) is 30.3 Å². The maximum atomic E-state index is 12.4. The van der Waals surface area contributed by atoms with Crippen LogP contribution in [0.15, 0.2) is 67.1 Å². The molecular weight excluding hydrogens is 346 g/mol. The number of esters is 1. The standard InChI is InChI=1S/C20H15N3O4/c24-18-15-8-4-5-9-16(15)19(25)22(18)10-11-27-20(26)17-12-21-13-23(17)14-6-2-1-3-7-14/h1-9,12-13H,10-11H2. The Kier molecular flexibility index (Phi) is 4.25. The number of benzene rings is 2. The molecule has 27 heavy (non-hydrogen) atoms. The molecule has 4 rings (SSSR count). The second-order valence-electron chi connectivity index (χ2n) is 5.93. The summed E-state index contributed by atoms with van der Waals surface area (Å²) in [4.78, 5) is 42.1. The average Bonchev–Trinajstić information content (AvgIpc) is 3.28. The molecule has 0 atom stereocenters. The minimum atomic E-state index is -0.576. The van der Waals surface area contributed by atoms with Gasteiger partial charge in [0, 0.05) is 5.69 Å². The number of imide groups is 1. The number of para-hydroxylation sites is 1. The van der Waals surface area contributed by atoms with Crippen LogP contribution in [0.25, 0.3) is 5.69 Å². The number of rotatable bonds is 5. The molecule has 7 nitrogen and oxygen atoms in total. The van der Waals surface area contributed by atoms with E-state index in [9.17, 15) is 14.4 Å². The summed E-state index contributed by atoms with van der Waals surface area (Å²) in [6, 6.07) is 15.9. The van der Waals surface area contributed by atoms with Crippen LogP contribution in [0, 0.1) is 0 Å². The van der Waals surface area contributed by atoms with Gasteiger partial charge in [0.05, 0.1) is 30.2 Å². The first kappa shape index (κ1) is 16.7. The van der Waals surface area contributed by atoms with Crippen LogP contribution in [0.2, 0.25) is 0 Å². The fourth-order valence-electron chi connectivity index (χ4n) is 2.99. The first-order valence-electron chi connectivity index (χ1n) is 8.37. The molecule has 2 amide bonds. The number of ether oxygens (including phenoxy) is 1. The lowest BCUT2D eigenvalue weighted by Gasteiger charge is -2.14. The van der Waals surface area contributed by atoms with E-state index in [4.69, 9.17) is 4.74 Å². The van der Waals surface area contributed by atoms with Crippen LogP contribution in [-0.4, -0.2) is 45.4 Å². The van der Waals surface area contributed by atoms with Crippen molar-refractivity contribution < 1.29 is 19.1 Å². The van der Waals surface area contributed by atoms with Crippen LogP contribution in [0.3, 0.4) is 0 Å². The molecular formula is C20H15N3O4. The van der Waals surface area contributed by atoms with Crippen LogP contribution in [0.5, 0.6) is 0 Å². The number of aromatic nitrogens is 2. The number of hydrogen-bond donors (Lipinski definition) is 0. The Labute approximate surface area is 154 Å². The summed E-state index contributed by atoms with van der Waals surface area (Å²) in [6.07, 6.45) is 2.94. The molecule has 0 aliphatic carbocycles. The van der Waals surface area contributed by atoms with Gasteiger partial charge in [-0.3, -0.25) is 19.1 Å². The molecule has 0 radical (unpaired) electrons. The molecule has 7 heteroatoms. The van der Waals surface area contributed by atoms with E-state index in [1.54, 1.807) is 28.8 Å². The van der Waals surface area contributed by atoms with Crippen LogP contribution >= 0.6 is 0 Å². The Hall–Kier alpha value is -3.74. The molecule has 1 aliphatic heterocycles. The zero-order valence-electron chi connectivity index (χ0n) is 14.2. The predicted molar refractivity (Wildman–Crippen MR) is 95.7 cm³/mol. The number of imidazole rings is 1. The van der Waals surface area contributed by atoms with Gasteiger partial charge in [-0.2, -0.15) is 0 Å². The summed E-state index contributed by atoms with van der Waals surface area (Å²) >= 11 is 0. The molecule has 0 N–H and O–H groups in total. The molecule has 0 fully saturated rings. The largest absolute Gasteiger partial charge is 0.459 e. The molecule has 2 aromatic carbocycles. The molecule has 134 valence electrons. The Balaban J connectivity index is 1.41. The quantitative estimate of drug-likeness (QED) is 0.515. The first-order chi connectivity index (χ1) is 13.2. The summed E-state index contributed by atoms with van der Waals surface area (Å²) in [5.41, 5.74) is 1.79. The third-order valence-electron chi connectivity index (χ3n) is 4.31. The monoisotopic (exact) mass is 361 g/mol. The maximum absolute atomic E-state index is 12.4. The summed E-state index contributed by atoms with van der Waals surface area (Å²) in [6.45, 7) is -0.0954. The van der Waals surface area contributed by atoms with E-state index in [1.807, 2.05) is 30.3 Å². The van der Waals surface area contributed by atoms with Gasteiger partial charge in [-0.15, -0.1) is 0 Å². The lowest BCUT2D eigenvalue weighted by atomic mass is 10.1. The van der Waals surface area contributed by atoms with Gasteiger partial charge in [-0.05, 0) is 24.3 Å². The fourth-order valence-corrected chi connectivity index (χ4v) is 2.99. The van der Waals surface area contributed by atoms with Crippen molar-refractivity contribution in [1.82, 2.24) is 14.5 Å². The minimum absolute atomic E-state index is 0.00242. The van der Waals surface area contributed by atoms with E-state index < -0.39 is 5.97 Å². The molecule has 1 aromatic heterocycles. The molecule has 0 saturated carbocycles. The molecule has 3 aromatic rings. The number of fused-ring (bicyclic) bond motifs is 1. The van der Waals surface area contributed by atoms with Gasteiger partial charge in [0.1, 0.15) is 6.61 Å². The summed E-state index contributed by atoms with van der Waals surface area (Å²) in [5, 5.41) is 0. The van der Waals surface area contributed by atoms with Gasteiger partial charge in [0.25, 0.3) is 11.8 Å². The third-order valence-corrected chi connectivity index (χ3v) is 4.31. The second kappa shape index (κ2) is 6.87. The molecule has 0 bridgehead atoms. The Bertz CT molecular complexity index is 991. The number of hydrogen-bond acceptors (Lipinski definition) is 5. The normalized spacial score (nSPS) is 13.0. The number of nitrogens with zero attached hydrogens (tertiary/aromatic N) is 3. The van der Waals surface area contributed by atoms with Crippen molar-refractivity contribution in [2.75, 3.05) is 13.2 Å². The highest BCUT2D eigenvalue weighted by Gasteiger charge is 2.34. The van der Waals surface area contributed by atoms with Crippen molar-refractivity contribution >= 4 is 17.8 Å². The third kappa shape index (κ3) is 2.99. The van der Waals surface area contributed by atoms with Gasteiger partial charge in [-0.25, -0.2) is 9.78 Å². The van der Waals surface area contributed by atoms with Crippen LogP contribution in [-0.2, 0) is 4.74 Å². The van der Waals surface area contributed by atoms with E-state index in [0.29, 0.717) is 11.1 Å². The van der Waals surface area contributed by atoms with Gasteiger partial charge in [0.15, 0.2) is 5.69 Å². The van der Waals surface area contributed by atoms with E-state index >= 15 is 0 Å². The van der Waals surface area contributed by atoms with Crippen molar-refractivity contribution in [1.29, 1.82) is 0 Å². The average molecular weight is 361 g/mol. The Morgan fingerprint density at radius 3 is 2.22 bits per heavy atom. The van der Waals surface area contributed by atoms with Crippen molar-refractivity contribution in [3.8, 4) is 5.69 Å². The zero-order chi connectivity index (χ0) is 18.8. The van der Waals surface area contributed by atoms with Crippen molar-refractivity contribution in [2.24, 2.45) is 0 Å². The lowest BCUT2D eigenvalue weighted by Crippen LogP contribution is -2.33. The summed E-state index contributed by atoms with van der Waals surface area (Å²) in [5.74, 6) is -1.32. The van der Waals surface area contributed by atoms with E-state index in [1.165, 1.54) is 12.5 Å². The van der Waals surface area contributed by atoms with Crippen LogP contribution in [0.1, 0.15) is 31.2 Å². The van der Waals surface area contributed by atoms with Crippen molar-refractivity contribution in [3.05, 3.63) is 83.9 Å². The van der Waals surface area contributed by atoms with Crippen molar-refractivity contribution in [3.63, 3.8) is 0 Å². The highest BCUT2D eigenvalue weighted by atomic mass is 16.5. The molecule has 0 unspecified atom stereocenters.